The summed E-state index contributed by atoms with van der Waals surface area (Å²) in [7, 11) is 0. The Bertz CT molecular complexity index is 1830. The Hall–Kier alpha value is -4.68. The van der Waals surface area contributed by atoms with Crippen molar-refractivity contribution >= 4 is 27.6 Å². The Balaban J connectivity index is 1.71. The maximum Gasteiger partial charge on any atom is -0.00262 e. The van der Waals surface area contributed by atoms with E-state index in [1.165, 1.54) is 71.6 Å². The van der Waals surface area contributed by atoms with Crippen LogP contribution in [-0.4, -0.2) is 0 Å². The van der Waals surface area contributed by atoms with Gasteiger partial charge in [-0.1, -0.05) is 139 Å². The second-order valence-electron chi connectivity index (χ2n) is 10.3. The molecule has 0 unspecified atom stereocenters. The van der Waals surface area contributed by atoms with Crippen LogP contribution in [0.5, 0.6) is 0 Å². The van der Waals surface area contributed by atoms with Crippen LogP contribution in [0.3, 0.4) is 0 Å². The summed E-state index contributed by atoms with van der Waals surface area (Å²) in [6.07, 6.45) is 8.60. The second kappa shape index (κ2) is 10.6. The molecule has 0 fully saturated rings. The Morgan fingerprint density at radius 3 is 1.56 bits per heavy atom. The molecule has 0 aliphatic heterocycles. The quantitative estimate of drug-likeness (QED) is 0.163. The zero-order valence-corrected chi connectivity index (χ0v) is 22.8. The topological polar surface area (TPSA) is 0 Å². The fourth-order valence-electron chi connectivity index (χ4n) is 5.47. The monoisotopic (exact) mass is 500 g/mol. The summed E-state index contributed by atoms with van der Waals surface area (Å²) in [4.78, 5) is 0. The van der Waals surface area contributed by atoms with Crippen molar-refractivity contribution < 1.29 is 0 Å². The molecule has 6 aromatic carbocycles. The molecule has 6 aromatic rings. The van der Waals surface area contributed by atoms with Crippen molar-refractivity contribution in [1.29, 1.82) is 0 Å². The number of rotatable bonds is 5. The van der Waals surface area contributed by atoms with Gasteiger partial charge in [0, 0.05) is 0 Å². The lowest BCUT2D eigenvalue weighted by molar-refractivity contribution is 1.47. The van der Waals surface area contributed by atoms with E-state index in [0.29, 0.717) is 0 Å². The normalized spacial score (nSPS) is 11.8. The van der Waals surface area contributed by atoms with Crippen LogP contribution in [0.25, 0.3) is 61.0 Å². The van der Waals surface area contributed by atoms with E-state index >= 15 is 0 Å². The van der Waals surface area contributed by atoms with Crippen molar-refractivity contribution in [2.75, 3.05) is 0 Å². The molecule has 0 heterocycles. The van der Waals surface area contributed by atoms with Crippen molar-refractivity contribution in [3.05, 3.63) is 150 Å². The van der Waals surface area contributed by atoms with Gasteiger partial charge in [-0.3, -0.25) is 0 Å². The molecule has 0 atom stereocenters. The van der Waals surface area contributed by atoms with Gasteiger partial charge >= 0.3 is 0 Å². The molecule has 0 saturated carbocycles. The first-order valence-electron chi connectivity index (χ1n) is 13.6. The number of hydrogen-bond acceptors (Lipinski definition) is 0. The van der Waals surface area contributed by atoms with E-state index in [4.69, 9.17) is 0 Å². The van der Waals surface area contributed by atoms with Crippen molar-refractivity contribution in [3.63, 3.8) is 0 Å². The van der Waals surface area contributed by atoms with Crippen molar-refractivity contribution in [3.8, 4) is 33.4 Å². The molecule has 39 heavy (non-hydrogen) atoms. The van der Waals surface area contributed by atoms with Crippen LogP contribution >= 0.6 is 0 Å². The zero-order valence-electron chi connectivity index (χ0n) is 22.8. The van der Waals surface area contributed by atoms with Gasteiger partial charge < -0.3 is 0 Å². The molecule has 0 N–H and O–H groups in total. The average Bonchev–Trinajstić information content (AvgIpc) is 2.97. The molecule has 0 radical (unpaired) electrons. The van der Waals surface area contributed by atoms with E-state index in [-0.39, 0.29) is 0 Å². The molecular formula is C39H32. The van der Waals surface area contributed by atoms with Crippen LogP contribution in [-0.2, 0) is 0 Å². The minimum absolute atomic E-state index is 1.23. The number of benzene rings is 6. The third-order valence-corrected chi connectivity index (χ3v) is 7.56. The molecule has 0 aliphatic rings. The predicted molar refractivity (Wildman–Crippen MR) is 171 cm³/mol. The fourth-order valence-corrected chi connectivity index (χ4v) is 5.47. The standard InChI is InChI=1S/C39H32/c1-4-5-7-12-34-35-23-21-33(30-19-15-28(3)16-20-30)26-38(35)39(31-10-8-6-9-11-31)36-24-22-32(25-37(34)36)29-17-13-27(2)14-18-29/h4-26H,1-3H3. The van der Waals surface area contributed by atoms with Gasteiger partial charge in [0.25, 0.3) is 0 Å². The van der Waals surface area contributed by atoms with Gasteiger partial charge in [0.05, 0.1) is 0 Å². The van der Waals surface area contributed by atoms with Crippen LogP contribution in [0, 0.1) is 13.8 Å². The lowest BCUT2D eigenvalue weighted by atomic mass is 9.85. The molecule has 0 heteroatoms. The molecular weight excluding hydrogens is 468 g/mol. The van der Waals surface area contributed by atoms with E-state index in [9.17, 15) is 0 Å². The van der Waals surface area contributed by atoms with Crippen molar-refractivity contribution in [1.82, 2.24) is 0 Å². The van der Waals surface area contributed by atoms with Gasteiger partial charge in [-0.25, -0.2) is 0 Å². The fraction of sp³-hybridized carbons (Fsp3) is 0.0769. The first kappa shape index (κ1) is 24.6. The maximum absolute atomic E-state index is 2.38. The van der Waals surface area contributed by atoms with Crippen LogP contribution < -0.4 is 0 Å². The number of fused-ring (bicyclic) bond motifs is 2. The summed E-state index contributed by atoms with van der Waals surface area (Å²) < 4.78 is 0. The zero-order chi connectivity index (χ0) is 26.8. The lowest BCUT2D eigenvalue weighted by Crippen LogP contribution is -1.92. The highest BCUT2D eigenvalue weighted by molar-refractivity contribution is 6.18. The van der Waals surface area contributed by atoms with Gasteiger partial charge in [0.1, 0.15) is 0 Å². The largest absolute Gasteiger partial charge is 0.0877 e. The molecule has 0 saturated heterocycles. The first-order chi connectivity index (χ1) is 19.1. The number of allylic oxidation sites excluding steroid dienone is 3. The van der Waals surface area contributed by atoms with E-state index in [0.717, 1.165) is 0 Å². The van der Waals surface area contributed by atoms with E-state index < -0.39 is 0 Å². The smallest absolute Gasteiger partial charge is 0.00262 e. The summed E-state index contributed by atoms with van der Waals surface area (Å²) in [5, 5.41) is 5.07. The molecule has 0 aromatic heterocycles. The Labute approximate surface area is 231 Å². The Morgan fingerprint density at radius 1 is 0.436 bits per heavy atom. The number of aryl methyl sites for hydroxylation is 2. The highest BCUT2D eigenvalue weighted by Gasteiger charge is 2.16. The van der Waals surface area contributed by atoms with Gasteiger partial charge in [-0.15, -0.1) is 0 Å². The summed E-state index contributed by atoms with van der Waals surface area (Å²) in [6, 6.07) is 42.4. The molecule has 0 amide bonds. The minimum atomic E-state index is 1.23. The molecule has 0 bridgehead atoms. The van der Waals surface area contributed by atoms with E-state index in [1.807, 2.05) is 0 Å². The maximum atomic E-state index is 2.38. The second-order valence-corrected chi connectivity index (χ2v) is 10.3. The summed E-state index contributed by atoms with van der Waals surface area (Å²) in [5.41, 5.74) is 11.3. The molecule has 0 nitrogen and oxygen atoms in total. The summed E-state index contributed by atoms with van der Waals surface area (Å²) in [5.74, 6) is 0. The van der Waals surface area contributed by atoms with E-state index in [2.05, 4.69) is 160 Å². The van der Waals surface area contributed by atoms with Crippen molar-refractivity contribution in [2.24, 2.45) is 0 Å². The highest BCUT2D eigenvalue weighted by atomic mass is 14.2. The summed E-state index contributed by atoms with van der Waals surface area (Å²) >= 11 is 0. The SMILES string of the molecule is CC=CC=Cc1c2cc(-c3ccc(C)cc3)ccc2c(-c2ccccc2)c2cc(-c3ccc(C)cc3)ccc12. The Kier molecular flexibility index (Phi) is 6.69. The molecule has 0 aliphatic carbocycles. The van der Waals surface area contributed by atoms with Crippen molar-refractivity contribution in [2.45, 2.75) is 20.8 Å². The van der Waals surface area contributed by atoms with E-state index in [1.54, 1.807) is 0 Å². The van der Waals surface area contributed by atoms with Gasteiger partial charge in [0.2, 0.25) is 0 Å². The summed E-state index contributed by atoms with van der Waals surface area (Å²) in [6.45, 7) is 6.33. The minimum Gasteiger partial charge on any atom is -0.0877 e. The first-order valence-corrected chi connectivity index (χ1v) is 13.6. The number of hydrogen-bond donors (Lipinski definition) is 0. The molecule has 6 rings (SSSR count). The third kappa shape index (κ3) is 4.82. The van der Waals surface area contributed by atoms with Crippen LogP contribution in [0.2, 0.25) is 0 Å². The molecule has 0 spiro atoms. The van der Waals surface area contributed by atoms with Gasteiger partial charge in [-0.05, 0) is 93.4 Å². The average molecular weight is 501 g/mol. The van der Waals surface area contributed by atoms with Crippen LogP contribution in [0.15, 0.2) is 133 Å². The predicted octanol–water partition coefficient (Wildman–Crippen LogP) is 11.2. The van der Waals surface area contributed by atoms with Gasteiger partial charge in [-0.2, -0.15) is 0 Å². The molecule has 188 valence electrons. The van der Waals surface area contributed by atoms with Gasteiger partial charge in [0.15, 0.2) is 0 Å². The third-order valence-electron chi connectivity index (χ3n) is 7.56. The lowest BCUT2D eigenvalue weighted by Gasteiger charge is -2.18. The Morgan fingerprint density at radius 2 is 0.974 bits per heavy atom. The van der Waals surface area contributed by atoms with Crippen LogP contribution in [0.4, 0.5) is 0 Å². The highest BCUT2D eigenvalue weighted by Crippen LogP contribution is 2.42. The van der Waals surface area contributed by atoms with Crippen LogP contribution in [0.1, 0.15) is 23.6 Å².